The molecule has 0 bridgehead atoms. The number of fused-ring (bicyclic) bond motifs is 1. The summed E-state index contributed by atoms with van der Waals surface area (Å²) in [5, 5.41) is 9.09. The van der Waals surface area contributed by atoms with Crippen molar-refractivity contribution in [2.24, 2.45) is 4.99 Å². The van der Waals surface area contributed by atoms with Crippen LogP contribution in [0, 0.1) is 20.8 Å². The summed E-state index contributed by atoms with van der Waals surface area (Å²) in [7, 11) is 0. The van der Waals surface area contributed by atoms with Crippen molar-refractivity contribution < 1.29 is 0 Å². The third-order valence-electron chi connectivity index (χ3n) is 4.40. The first-order chi connectivity index (χ1) is 12.6. The zero-order valence-corrected chi connectivity index (χ0v) is 19.5. The fourth-order valence-corrected chi connectivity index (χ4v) is 3.78. The number of aryl methyl sites for hydroxylation is 3. The van der Waals surface area contributed by atoms with Crippen LogP contribution in [0.15, 0.2) is 29.4 Å². The standard InChI is InChI=1S/C20H27N5S.HI/c1-5-21-20(24-12-19-25-14(3)15(4)26-19)22-9-8-16-11-23-18-10-13(2)6-7-17(16)18;/h6-7,10-11,23H,5,8-9,12H2,1-4H3,(H2,21,22,24);1H. The van der Waals surface area contributed by atoms with Crippen LogP contribution in [0.5, 0.6) is 0 Å². The van der Waals surface area contributed by atoms with Crippen molar-refractivity contribution in [2.75, 3.05) is 13.1 Å². The molecule has 3 N–H and O–H groups in total. The Morgan fingerprint density at radius 3 is 2.74 bits per heavy atom. The second-order valence-corrected chi connectivity index (χ2v) is 7.77. The number of aromatic nitrogens is 2. The SMILES string of the molecule is CCNC(=NCc1nc(C)c(C)s1)NCCc1c[nH]c2cc(C)ccc12.I. The number of thiazole rings is 1. The quantitative estimate of drug-likeness (QED) is 0.268. The summed E-state index contributed by atoms with van der Waals surface area (Å²) in [4.78, 5) is 13.9. The van der Waals surface area contributed by atoms with E-state index in [1.165, 1.54) is 26.9 Å². The lowest BCUT2D eigenvalue weighted by atomic mass is 10.1. The van der Waals surface area contributed by atoms with E-state index in [0.717, 1.165) is 36.2 Å². The Morgan fingerprint density at radius 2 is 2.04 bits per heavy atom. The molecular formula is C20H28IN5S. The minimum absolute atomic E-state index is 0. The lowest BCUT2D eigenvalue weighted by Gasteiger charge is -2.10. The van der Waals surface area contributed by atoms with E-state index in [4.69, 9.17) is 0 Å². The van der Waals surface area contributed by atoms with E-state index in [0.29, 0.717) is 6.54 Å². The minimum atomic E-state index is 0. The summed E-state index contributed by atoms with van der Waals surface area (Å²) in [5.74, 6) is 0.841. The highest BCUT2D eigenvalue weighted by Crippen LogP contribution is 2.20. The Morgan fingerprint density at radius 1 is 1.22 bits per heavy atom. The van der Waals surface area contributed by atoms with Crippen LogP contribution in [0.4, 0.5) is 0 Å². The second-order valence-electron chi connectivity index (χ2n) is 6.48. The van der Waals surface area contributed by atoms with Gasteiger partial charge >= 0.3 is 0 Å². The summed E-state index contributed by atoms with van der Waals surface area (Å²) in [5.41, 5.74) is 4.91. The van der Waals surface area contributed by atoms with Gasteiger partial charge in [-0.3, -0.25) is 0 Å². The molecule has 0 saturated heterocycles. The number of nitrogens with one attached hydrogen (secondary N) is 3. The van der Waals surface area contributed by atoms with E-state index in [1.54, 1.807) is 11.3 Å². The van der Waals surface area contributed by atoms with E-state index in [1.807, 2.05) is 6.92 Å². The number of hydrogen-bond acceptors (Lipinski definition) is 3. The van der Waals surface area contributed by atoms with Crippen molar-refractivity contribution in [3.8, 4) is 0 Å². The highest BCUT2D eigenvalue weighted by atomic mass is 127. The highest BCUT2D eigenvalue weighted by molar-refractivity contribution is 14.0. The molecule has 0 saturated carbocycles. The number of hydrogen-bond donors (Lipinski definition) is 3. The summed E-state index contributed by atoms with van der Waals surface area (Å²) < 4.78 is 0. The molecular weight excluding hydrogens is 469 g/mol. The number of aromatic amines is 1. The number of aliphatic imine (C=N–C) groups is 1. The van der Waals surface area contributed by atoms with Gasteiger partial charge in [0.15, 0.2) is 5.96 Å². The molecule has 3 rings (SSSR count). The molecule has 0 aliphatic carbocycles. The minimum Gasteiger partial charge on any atom is -0.361 e. The van der Waals surface area contributed by atoms with E-state index in [9.17, 15) is 0 Å². The Balaban J connectivity index is 0.00000261. The Kier molecular flexibility index (Phi) is 8.09. The van der Waals surface area contributed by atoms with Crippen LogP contribution >= 0.6 is 35.3 Å². The molecule has 1 aromatic carbocycles. The van der Waals surface area contributed by atoms with E-state index < -0.39 is 0 Å². The molecule has 2 heterocycles. The molecule has 0 aliphatic rings. The van der Waals surface area contributed by atoms with Crippen molar-refractivity contribution in [3.05, 3.63) is 51.1 Å². The monoisotopic (exact) mass is 497 g/mol. The van der Waals surface area contributed by atoms with Gasteiger partial charge in [0, 0.05) is 35.1 Å². The van der Waals surface area contributed by atoms with Crippen LogP contribution < -0.4 is 10.6 Å². The fourth-order valence-electron chi connectivity index (χ4n) is 2.92. The molecule has 0 fully saturated rings. The maximum absolute atomic E-state index is 4.67. The van der Waals surface area contributed by atoms with Crippen molar-refractivity contribution in [1.29, 1.82) is 0 Å². The molecule has 0 spiro atoms. The van der Waals surface area contributed by atoms with Gasteiger partial charge in [0.25, 0.3) is 0 Å². The van der Waals surface area contributed by atoms with Gasteiger partial charge in [0.05, 0.1) is 12.2 Å². The Labute approximate surface area is 182 Å². The van der Waals surface area contributed by atoms with Crippen LogP contribution in [-0.4, -0.2) is 29.0 Å². The topological polar surface area (TPSA) is 65.1 Å². The van der Waals surface area contributed by atoms with Gasteiger partial charge in [0.1, 0.15) is 5.01 Å². The Bertz CT molecular complexity index is 893. The summed E-state index contributed by atoms with van der Waals surface area (Å²) >= 11 is 1.72. The lowest BCUT2D eigenvalue weighted by Crippen LogP contribution is -2.38. The van der Waals surface area contributed by atoms with Gasteiger partial charge in [0.2, 0.25) is 0 Å². The Hall–Kier alpha value is -1.61. The molecule has 27 heavy (non-hydrogen) atoms. The number of rotatable bonds is 6. The average Bonchev–Trinajstić information content (AvgIpc) is 3.15. The molecule has 146 valence electrons. The predicted molar refractivity (Wildman–Crippen MR) is 127 cm³/mol. The van der Waals surface area contributed by atoms with Gasteiger partial charge in [-0.05, 0) is 51.3 Å². The van der Waals surface area contributed by atoms with E-state index in [-0.39, 0.29) is 24.0 Å². The number of halogens is 1. The lowest BCUT2D eigenvalue weighted by molar-refractivity contribution is 0.800. The van der Waals surface area contributed by atoms with Crippen molar-refractivity contribution in [3.63, 3.8) is 0 Å². The average molecular weight is 497 g/mol. The molecule has 7 heteroatoms. The second kappa shape index (κ2) is 10.1. The van der Waals surface area contributed by atoms with E-state index in [2.05, 4.69) is 70.8 Å². The fraction of sp³-hybridized carbons (Fsp3) is 0.400. The van der Waals surface area contributed by atoms with Gasteiger partial charge in [-0.2, -0.15) is 0 Å². The van der Waals surface area contributed by atoms with Crippen molar-refractivity contribution >= 4 is 52.2 Å². The van der Waals surface area contributed by atoms with E-state index >= 15 is 0 Å². The zero-order valence-electron chi connectivity index (χ0n) is 16.3. The molecule has 2 aromatic heterocycles. The van der Waals surface area contributed by atoms with Crippen LogP contribution in [0.3, 0.4) is 0 Å². The molecule has 0 unspecified atom stereocenters. The van der Waals surface area contributed by atoms with Crippen LogP contribution in [0.1, 0.15) is 33.6 Å². The number of H-pyrrole nitrogens is 1. The predicted octanol–water partition coefficient (Wildman–Crippen LogP) is 4.47. The largest absolute Gasteiger partial charge is 0.361 e. The summed E-state index contributed by atoms with van der Waals surface area (Å²) in [6.07, 6.45) is 3.06. The molecule has 3 aromatic rings. The number of nitrogens with zero attached hydrogens (tertiary/aromatic N) is 2. The highest BCUT2D eigenvalue weighted by Gasteiger charge is 2.06. The van der Waals surface area contributed by atoms with Crippen molar-refractivity contribution in [1.82, 2.24) is 20.6 Å². The number of guanidine groups is 1. The van der Waals surface area contributed by atoms with Crippen molar-refractivity contribution in [2.45, 2.75) is 40.7 Å². The molecule has 5 nitrogen and oxygen atoms in total. The third-order valence-corrected chi connectivity index (χ3v) is 5.46. The van der Waals surface area contributed by atoms with Gasteiger partial charge < -0.3 is 15.6 Å². The zero-order chi connectivity index (χ0) is 18.5. The van der Waals surface area contributed by atoms with Crippen LogP contribution in [0.25, 0.3) is 10.9 Å². The normalized spacial score (nSPS) is 11.5. The maximum atomic E-state index is 4.67. The van der Waals surface area contributed by atoms with Gasteiger partial charge in [-0.1, -0.05) is 12.1 Å². The first-order valence-electron chi connectivity index (χ1n) is 9.08. The summed E-state index contributed by atoms with van der Waals surface area (Å²) in [6.45, 7) is 10.6. The maximum Gasteiger partial charge on any atom is 0.191 e. The van der Waals surface area contributed by atoms with Crippen LogP contribution in [0.2, 0.25) is 0 Å². The molecule has 0 amide bonds. The molecule has 0 aliphatic heterocycles. The van der Waals surface area contributed by atoms with Gasteiger partial charge in [-0.25, -0.2) is 9.98 Å². The smallest absolute Gasteiger partial charge is 0.191 e. The summed E-state index contributed by atoms with van der Waals surface area (Å²) in [6, 6.07) is 6.55. The van der Waals surface area contributed by atoms with Crippen LogP contribution in [-0.2, 0) is 13.0 Å². The molecule has 0 radical (unpaired) electrons. The third kappa shape index (κ3) is 5.68. The van der Waals surface area contributed by atoms with Gasteiger partial charge in [-0.15, -0.1) is 35.3 Å². The molecule has 0 atom stereocenters. The number of benzene rings is 1. The first-order valence-corrected chi connectivity index (χ1v) is 9.90. The first kappa shape index (κ1) is 21.7.